The number of piperidine rings is 1. The number of nitrogens with zero attached hydrogens (tertiary/aromatic N) is 2. The van der Waals surface area contributed by atoms with Crippen LogP contribution in [0.4, 0.5) is 4.79 Å². The summed E-state index contributed by atoms with van der Waals surface area (Å²) in [5, 5.41) is 11.3. The van der Waals surface area contributed by atoms with Crippen LogP contribution in [0, 0.1) is 28.6 Å². The van der Waals surface area contributed by atoms with E-state index in [9.17, 15) is 32.4 Å². The van der Waals surface area contributed by atoms with Gasteiger partial charge in [-0.25, -0.2) is 17.5 Å². The van der Waals surface area contributed by atoms with Gasteiger partial charge in [0, 0.05) is 26.7 Å². The summed E-state index contributed by atoms with van der Waals surface area (Å²) in [6.45, 7) is 13.8. The smallest absolute Gasteiger partial charge is 0.315 e. The van der Waals surface area contributed by atoms with Gasteiger partial charge in [0.15, 0.2) is 0 Å². The van der Waals surface area contributed by atoms with Gasteiger partial charge in [0.05, 0.1) is 17.8 Å². The van der Waals surface area contributed by atoms with Crippen LogP contribution < -0.4 is 21.3 Å². The number of likely N-dealkylation sites (tertiary alicyclic amines) is 1. The molecule has 1 aliphatic heterocycles. The molecule has 1 heterocycles. The summed E-state index contributed by atoms with van der Waals surface area (Å²) in [5.74, 6) is -2.21. The summed E-state index contributed by atoms with van der Waals surface area (Å²) >= 11 is 0. The molecular weight excluding hydrogens is 636 g/mol. The molecule has 1 saturated heterocycles. The van der Waals surface area contributed by atoms with E-state index in [0.29, 0.717) is 25.8 Å². The minimum absolute atomic E-state index is 0.0668. The Morgan fingerprint density at radius 2 is 1.67 bits per heavy atom. The molecular formula is C34H56N6O7S. The minimum Gasteiger partial charge on any atom is -0.346 e. The van der Waals surface area contributed by atoms with Gasteiger partial charge >= 0.3 is 6.03 Å². The van der Waals surface area contributed by atoms with Gasteiger partial charge in [0.1, 0.15) is 12.1 Å². The van der Waals surface area contributed by atoms with Crippen molar-refractivity contribution in [1.82, 2.24) is 30.5 Å². The summed E-state index contributed by atoms with van der Waals surface area (Å²) < 4.78 is 25.7. The van der Waals surface area contributed by atoms with Crippen molar-refractivity contribution < 1.29 is 32.4 Å². The van der Waals surface area contributed by atoms with Crippen molar-refractivity contribution in [3.63, 3.8) is 0 Å². The maximum atomic E-state index is 14.4. The third-order valence-corrected chi connectivity index (χ3v) is 12.2. The molecule has 5 atom stereocenters. The normalized spacial score (nSPS) is 25.7. The molecule has 0 bridgehead atoms. The molecule has 0 aromatic heterocycles. The second-order valence-corrected chi connectivity index (χ2v) is 18.3. The van der Waals surface area contributed by atoms with Crippen molar-refractivity contribution in [2.45, 2.75) is 110 Å². The van der Waals surface area contributed by atoms with E-state index in [1.54, 1.807) is 0 Å². The second kappa shape index (κ2) is 14.1. The highest BCUT2D eigenvalue weighted by Gasteiger charge is 2.70. The Kier molecular flexibility index (Phi) is 11.1. The molecule has 3 saturated carbocycles. The summed E-state index contributed by atoms with van der Waals surface area (Å²) in [6, 6.07) is -3.45. The quantitative estimate of drug-likeness (QED) is 0.159. The fraction of sp³-hybridized carbons (Fsp3) is 0.794. The van der Waals surface area contributed by atoms with E-state index >= 15 is 0 Å². The Bertz CT molecular complexity index is 1400. The van der Waals surface area contributed by atoms with Crippen LogP contribution in [0.2, 0.25) is 0 Å². The van der Waals surface area contributed by atoms with Crippen LogP contribution in [0.25, 0.3) is 0 Å². The van der Waals surface area contributed by atoms with Gasteiger partial charge < -0.3 is 26.2 Å². The number of likely N-dealkylation sites (N-methyl/N-ethyl adjacent to an activating group) is 1. The van der Waals surface area contributed by atoms with E-state index in [4.69, 9.17) is 0 Å². The monoisotopic (exact) mass is 692 g/mol. The first-order valence-corrected chi connectivity index (χ1v) is 19.1. The third-order valence-electron chi connectivity index (χ3n) is 11.0. The van der Waals surface area contributed by atoms with E-state index in [2.05, 4.69) is 41.7 Å². The fourth-order valence-electron chi connectivity index (χ4n) is 7.72. The van der Waals surface area contributed by atoms with Crippen LogP contribution in [0.5, 0.6) is 0 Å². The number of sulfonamides is 1. The van der Waals surface area contributed by atoms with Crippen LogP contribution in [0.3, 0.4) is 0 Å². The lowest BCUT2D eigenvalue weighted by Crippen LogP contribution is -2.64. The van der Waals surface area contributed by atoms with Gasteiger partial charge in [-0.15, -0.1) is 6.58 Å². The van der Waals surface area contributed by atoms with Crippen LogP contribution >= 0.6 is 0 Å². The zero-order valence-corrected chi connectivity index (χ0v) is 30.5. The number of fused-ring (bicyclic) bond motifs is 1. The summed E-state index contributed by atoms with van der Waals surface area (Å²) in [7, 11) is -1.99. The van der Waals surface area contributed by atoms with Crippen LogP contribution in [0.15, 0.2) is 12.7 Å². The number of carbonyl (C=O) groups is 5. The van der Waals surface area contributed by atoms with Crippen molar-refractivity contribution in [3.05, 3.63) is 12.7 Å². The molecule has 270 valence electrons. The molecule has 0 spiro atoms. The zero-order valence-electron chi connectivity index (χ0n) is 29.7. The van der Waals surface area contributed by atoms with Gasteiger partial charge in [0.25, 0.3) is 5.91 Å². The van der Waals surface area contributed by atoms with Crippen molar-refractivity contribution in [2.24, 2.45) is 28.6 Å². The first kappa shape index (κ1) is 37.8. The van der Waals surface area contributed by atoms with Gasteiger partial charge in [-0.3, -0.25) is 19.2 Å². The van der Waals surface area contributed by atoms with E-state index < -0.39 is 68.6 Å². The van der Waals surface area contributed by atoms with Crippen molar-refractivity contribution in [2.75, 3.05) is 32.9 Å². The standard InChI is InChI=1S/C34H56N6O7S/c1-9-17-35-29(43)26(41)23(18-21-13-14-21)36-28(42)25-24-22(33(24,5)6)19-40(25)30(44)27(32(2,3)4)37-31(45)38-34(15-11-10-12-16-34)20-39(7)48(8,46)47/h9,21-25,27H,1,10-20H2,2-8H3,(H,35,43)(H,36,42)(H2,37,38,45)/t22-,23?,24-,25-,27+/m0/s1. The Morgan fingerprint density at radius 1 is 1.04 bits per heavy atom. The molecule has 4 aliphatic rings. The average molecular weight is 693 g/mol. The maximum absolute atomic E-state index is 14.4. The molecule has 48 heavy (non-hydrogen) atoms. The SMILES string of the molecule is C=CCNC(=O)C(=O)C(CC1CC1)NC(=O)[C@@H]1[C@@H]2[C@H](CN1C(=O)[C@@H](NC(=O)NC1(CN(C)S(C)(=O)=O)CCCCC1)C(C)(C)C)C2(C)C. The third kappa shape index (κ3) is 8.58. The summed E-state index contributed by atoms with van der Waals surface area (Å²) in [6.07, 6.45) is 8.67. The number of hydrogen-bond donors (Lipinski definition) is 4. The number of nitrogens with one attached hydrogen (secondary N) is 4. The highest BCUT2D eigenvalue weighted by atomic mass is 32.2. The largest absolute Gasteiger partial charge is 0.346 e. The van der Waals surface area contributed by atoms with E-state index in [1.807, 2.05) is 20.8 Å². The first-order valence-electron chi connectivity index (χ1n) is 17.3. The number of amides is 5. The minimum atomic E-state index is -3.48. The van der Waals surface area contributed by atoms with Crippen molar-refractivity contribution in [1.29, 1.82) is 0 Å². The molecule has 13 nitrogen and oxygen atoms in total. The maximum Gasteiger partial charge on any atom is 0.315 e. The average Bonchev–Trinajstić information content (AvgIpc) is 3.84. The number of urea groups is 1. The molecule has 0 aromatic rings. The topological polar surface area (TPSA) is 174 Å². The fourth-order valence-corrected chi connectivity index (χ4v) is 8.20. The van der Waals surface area contributed by atoms with E-state index in [1.165, 1.54) is 22.3 Å². The lowest BCUT2D eigenvalue weighted by molar-refractivity contribution is -0.145. The highest BCUT2D eigenvalue weighted by molar-refractivity contribution is 7.88. The van der Waals surface area contributed by atoms with Crippen LogP contribution in [-0.4, -0.2) is 104 Å². The molecule has 4 fully saturated rings. The second-order valence-electron chi connectivity index (χ2n) is 16.2. The number of rotatable bonds is 14. The lowest BCUT2D eigenvalue weighted by Gasteiger charge is -2.42. The molecule has 4 N–H and O–H groups in total. The molecule has 0 radical (unpaired) electrons. The van der Waals surface area contributed by atoms with Crippen molar-refractivity contribution >= 4 is 39.6 Å². The van der Waals surface area contributed by atoms with Gasteiger partial charge in [-0.05, 0) is 47.8 Å². The van der Waals surface area contributed by atoms with Gasteiger partial charge in [-0.2, -0.15) is 0 Å². The van der Waals surface area contributed by atoms with E-state index in [0.717, 1.165) is 38.4 Å². The van der Waals surface area contributed by atoms with E-state index in [-0.39, 0.29) is 36.3 Å². The Balaban J connectivity index is 1.53. The highest BCUT2D eigenvalue weighted by Crippen LogP contribution is 2.65. The molecule has 14 heteroatoms. The molecule has 3 aliphatic carbocycles. The molecule has 4 rings (SSSR count). The first-order chi connectivity index (χ1) is 22.2. The Labute approximate surface area is 285 Å². The Hall–Kier alpha value is -3.00. The predicted octanol–water partition coefficient (Wildman–Crippen LogP) is 1.93. The molecule has 1 unspecified atom stereocenters. The molecule has 5 amide bonds. The van der Waals surface area contributed by atoms with Crippen LogP contribution in [-0.2, 0) is 29.2 Å². The van der Waals surface area contributed by atoms with Crippen molar-refractivity contribution in [3.8, 4) is 0 Å². The lowest BCUT2D eigenvalue weighted by atomic mass is 9.81. The molecule has 0 aromatic carbocycles. The van der Waals surface area contributed by atoms with Crippen LogP contribution in [0.1, 0.15) is 86.0 Å². The Morgan fingerprint density at radius 3 is 2.21 bits per heavy atom. The van der Waals surface area contributed by atoms with Gasteiger partial charge in [0.2, 0.25) is 27.6 Å². The van der Waals surface area contributed by atoms with Gasteiger partial charge in [-0.1, -0.05) is 72.8 Å². The number of Topliss-reactive ketones (excluding diaryl/α,β-unsaturated/α-hetero) is 1. The zero-order chi connectivity index (χ0) is 35.8. The summed E-state index contributed by atoms with van der Waals surface area (Å²) in [4.78, 5) is 69.4. The number of ketones is 1. The number of hydrogen-bond acceptors (Lipinski definition) is 7. The summed E-state index contributed by atoms with van der Waals surface area (Å²) in [5.41, 5.74) is -1.72. The predicted molar refractivity (Wildman–Crippen MR) is 182 cm³/mol. The number of carbonyl (C=O) groups excluding carboxylic acids is 5.